The van der Waals surface area contributed by atoms with Crippen molar-refractivity contribution in [1.29, 1.82) is 0 Å². The molecule has 0 spiro atoms. The van der Waals surface area contributed by atoms with Gasteiger partial charge in [-0.15, -0.1) is 0 Å². The third kappa shape index (κ3) is 2.98. The second kappa shape index (κ2) is 5.81. The molecule has 3 aromatic rings. The monoisotopic (exact) mass is 308 g/mol. The number of ether oxygens (including phenoxy) is 1. The fraction of sp³-hybridized carbons (Fsp3) is 0. The number of carbonyl (C=O) groups is 2. The zero-order valence-electron chi connectivity index (χ0n) is 11.9. The van der Waals surface area contributed by atoms with Crippen molar-refractivity contribution >= 4 is 22.7 Å². The van der Waals surface area contributed by atoms with E-state index >= 15 is 0 Å². The van der Waals surface area contributed by atoms with Crippen LogP contribution in [0.25, 0.3) is 10.8 Å². The molecule has 23 heavy (non-hydrogen) atoms. The zero-order valence-corrected chi connectivity index (χ0v) is 11.9. The van der Waals surface area contributed by atoms with Gasteiger partial charge in [0.25, 0.3) is 0 Å². The van der Waals surface area contributed by atoms with Gasteiger partial charge in [-0.25, -0.2) is 9.59 Å². The third-order valence-corrected chi connectivity index (χ3v) is 3.39. The maximum atomic E-state index is 12.1. The summed E-state index contributed by atoms with van der Waals surface area (Å²) in [5.41, 5.74) is -0.300. The van der Waals surface area contributed by atoms with E-state index in [-0.39, 0.29) is 11.1 Å². The molecule has 0 unspecified atom stereocenters. The second-order valence-electron chi connectivity index (χ2n) is 4.94. The van der Waals surface area contributed by atoms with Crippen LogP contribution in [0.4, 0.5) is 0 Å². The van der Waals surface area contributed by atoms with Gasteiger partial charge in [0.15, 0.2) is 0 Å². The summed E-state index contributed by atoms with van der Waals surface area (Å²) in [5, 5.41) is 20.4. The molecule has 0 heterocycles. The normalized spacial score (nSPS) is 10.4. The minimum absolute atomic E-state index is 0.0494. The van der Waals surface area contributed by atoms with E-state index in [1.807, 2.05) is 30.3 Å². The minimum Gasteiger partial charge on any atom is -0.507 e. The largest absolute Gasteiger partial charge is 0.507 e. The summed E-state index contributed by atoms with van der Waals surface area (Å²) in [6, 6.07) is 16.4. The molecular weight excluding hydrogens is 296 g/mol. The molecule has 0 bridgehead atoms. The van der Waals surface area contributed by atoms with E-state index in [9.17, 15) is 14.7 Å². The molecule has 2 N–H and O–H groups in total. The van der Waals surface area contributed by atoms with Crippen molar-refractivity contribution in [3.63, 3.8) is 0 Å². The number of hydrogen-bond donors (Lipinski definition) is 2. The highest BCUT2D eigenvalue weighted by Gasteiger charge is 2.15. The topological polar surface area (TPSA) is 83.8 Å². The van der Waals surface area contributed by atoms with Gasteiger partial charge in [0.1, 0.15) is 17.1 Å². The Hall–Kier alpha value is -3.34. The minimum atomic E-state index is -1.32. The molecule has 0 saturated carbocycles. The molecule has 5 heteroatoms. The van der Waals surface area contributed by atoms with Crippen molar-refractivity contribution in [2.45, 2.75) is 0 Å². The molecule has 0 aliphatic carbocycles. The van der Waals surface area contributed by atoms with Crippen LogP contribution in [-0.2, 0) is 0 Å². The van der Waals surface area contributed by atoms with Gasteiger partial charge in [-0.05, 0) is 41.1 Å². The summed E-state index contributed by atoms with van der Waals surface area (Å²) < 4.78 is 5.27. The number of fused-ring (bicyclic) bond motifs is 1. The lowest BCUT2D eigenvalue weighted by Gasteiger charge is -2.07. The van der Waals surface area contributed by atoms with Gasteiger partial charge in [-0.3, -0.25) is 0 Å². The van der Waals surface area contributed by atoms with Crippen molar-refractivity contribution in [2.24, 2.45) is 0 Å². The highest BCUT2D eigenvalue weighted by Crippen LogP contribution is 2.23. The van der Waals surface area contributed by atoms with Gasteiger partial charge in [-0.2, -0.15) is 0 Å². The van der Waals surface area contributed by atoms with E-state index in [1.165, 1.54) is 6.07 Å². The van der Waals surface area contributed by atoms with Gasteiger partial charge >= 0.3 is 11.9 Å². The van der Waals surface area contributed by atoms with Crippen LogP contribution in [-0.4, -0.2) is 22.2 Å². The van der Waals surface area contributed by atoms with E-state index in [2.05, 4.69) is 0 Å². The second-order valence-corrected chi connectivity index (χ2v) is 4.94. The van der Waals surface area contributed by atoms with Crippen LogP contribution in [0.1, 0.15) is 20.7 Å². The van der Waals surface area contributed by atoms with Crippen LogP contribution >= 0.6 is 0 Å². The van der Waals surface area contributed by atoms with Crippen LogP contribution in [0.15, 0.2) is 60.7 Å². The number of esters is 1. The summed E-state index contributed by atoms with van der Waals surface area (Å²) in [4.78, 5) is 23.1. The van der Waals surface area contributed by atoms with Crippen molar-refractivity contribution < 1.29 is 24.5 Å². The molecule has 0 amide bonds. The van der Waals surface area contributed by atoms with Gasteiger partial charge < -0.3 is 14.9 Å². The molecule has 0 aromatic heterocycles. The van der Waals surface area contributed by atoms with Crippen LogP contribution in [0.3, 0.4) is 0 Å². The predicted molar refractivity (Wildman–Crippen MR) is 84.0 cm³/mol. The number of aromatic hydroxyl groups is 1. The number of hydrogen-bond acceptors (Lipinski definition) is 4. The number of benzene rings is 3. The highest BCUT2D eigenvalue weighted by molar-refractivity contribution is 5.97. The smallest absolute Gasteiger partial charge is 0.343 e. The molecule has 0 radical (unpaired) electrons. The average Bonchev–Trinajstić information content (AvgIpc) is 2.54. The lowest BCUT2D eigenvalue weighted by molar-refractivity contribution is 0.0693. The predicted octanol–water partition coefficient (Wildman–Crippen LogP) is 3.46. The Balaban J connectivity index is 1.88. The molecule has 0 fully saturated rings. The van der Waals surface area contributed by atoms with Gasteiger partial charge in [0.2, 0.25) is 0 Å². The maximum absolute atomic E-state index is 12.1. The SMILES string of the molecule is O=C(Oc1ccc2ccccc2c1)c1ccc(O)c(C(=O)O)c1. The van der Waals surface area contributed by atoms with Crippen LogP contribution in [0.2, 0.25) is 0 Å². The summed E-state index contributed by atoms with van der Waals surface area (Å²) in [6.07, 6.45) is 0. The molecule has 0 saturated heterocycles. The Morgan fingerprint density at radius 2 is 1.61 bits per heavy atom. The number of phenols is 1. The van der Waals surface area contributed by atoms with E-state index in [0.717, 1.165) is 22.9 Å². The standard InChI is InChI=1S/C18H12O5/c19-16-8-6-13(10-15(16)17(20)21)18(22)23-14-7-5-11-3-1-2-4-12(11)9-14/h1-10,19H,(H,20,21). The van der Waals surface area contributed by atoms with Crippen molar-refractivity contribution in [2.75, 3.05) is 0 Å². The molecule has 114 valence electrons. The van der Waals surface area contributed by atoms with Crippen LogP contribution in [0.5, 0.6) is 11.5 Å². The first-order valence-electron chi connectivity index (χ1n) is 6.82. The molecule has 0 aliphatic rings. The average molecular weight is 308 g/mol. The summed E-state index contributed by atoms with van der Waals surface area (Å²) in [5.74, 6) is -2.05. The zero-order chi connectivity index (χ0) is 16.4. The van der Waals surface area contributed by atoms with Crippen LogP contribution < -0.4 is 4.74 Å². The molecular formula is C18H12O5. The van der Waals surface area contributed by atoms with Crippen molar-refractivity contribution in [3.8, 4) is 11.5 Å². The third-order valence-electron chi connectivity index (χ3n) is 3.39. The number of aromatic carboxylic acids is 1. The van der Waals surface area contributed by atoms with Crippen molar-refractivity contribution in [3.05, 3.63) is 71.8 Å². The van der Waals surface area contributed by atoms with E-state index < -0.39 is 17.7 Å². The Kier molecular flexibility index (Phi) is 3.68. The molecule has 3 rings (SSSR count). The summed E-state index contributed by atoms with van der Waals surface area (Å²) in [7, 11) is 0. The Labute approximate surface area is 131 Å². The Morgan fingerprint density at radius 1 is 0.870 bits per heavy atom. The van der Waals surface area contributed by atoms with Gasteiger partial charge in [0, 0.05) is 0 Å². The van der Waals surface area contributed by atoms with E-state index in [1.54, 1.807) is 12.1 Å². The molecule has 3 aromatic carbocycles. The number of carboxylic acid groups (broad SMARTS) is 1. The Morgan fingerprint density at radius 3 is 2.35 bits per heavy atom. The lowest BCUT2D eigenvalue weighted by atomic mass is 10.1. The lowest BCUT2D eigenvalue weighted by Crippen LogP contribution is -2.10. The van der Waals surface area contributed by atoms with Gasteiger partial charge in [0.05, 0.1) is 5.56 Å². The van der Waals surface area contributed by atoms with Crippen LogP contribution in [0, 0.1) is 0 Å². The Bertz CT molecular complexity index is 914. The fourth-order valence-electron chi connectivity index (χ4n) is 2.23. The summed E-state index contributed by atoms with van der Waals surface area (Å²) in [6.45, 7) is 0. The number of carbonyl (C=O) groups excluding carboxylic acids is 1. The molecule has 5 nitrogen and oxygen atoms in total. The van der Waals surface area contributed by atoms with Crippen molar-refractivity contribution in [1.82, 2.24) is 0 Å². The first-order valence-corrected chi connectivity index (χ1v) is 6.82. The maximum Gasteiger partial charge on any atom is 0.343 e. The number of carboxylic acids is 1. The first kappa shape index (κ1) is 14.6. The van der Waals surface area contributed by atoms with E-state index in [4.69, 9.17) is 9.84 Å². The quantitative estimate of drug-likeness (QED) is 0.572. The van der Waals surface area contributed by atoms with E-state index in [0.29, 0.717) is 5.75 Å². The summed E-state index contributed by atoms with van der Waals surface area (Å²) >= 11 is 0. The highest BCUT2D eigenvalue weighted by atomic mass is 16.5. The molecule has 0 atom stereocenters. The fourth-order valence-corrected chi connectivity index (χ4v) is 2.23. The number of rotatable bonds is 3. The molecule has 0 aliphatic heterocycles. The van der Waals surface area contributed by atoms with Gasteiger partial charge in [-0.1, -0.05) is 30.3 Å². The first-order chi connectivity index (χ1) is 11.0.